The van der Waals surface area contributed by atoms with Crippen LogP contribution in [0, 0.1) is 11.8 Å². The van der Waals surface area contributed by atoms with Crippen LogP contribution in [0.5, 0.6) is 28.7 Å². The lowest BCUT2D eigenvalue weighted by Crippen LogP contribution is -2.36. The number of cyclic esters (lactones) is 1. The molecule has 43 heavy (non-hydrogen) atoms. The van der Waals surface area contributed by atoms with Crippen molar-refractivity contribution in [2.75, 3.05) is 46.2 Å². The van der Waals surface area contributed by atoms with Crippen molar-refractivity contribution in [2.45, 2.75) is 18.6 Å². The van der Waals surface area contributed by atoms with E-state index in [-0.39, 0.29) is 55.2 Å². The van der Waals surface area contributed by atoms with Crippen molar-refractivity contribution in [1.82, 2.24) is 0 Å². The molecule has 226 valence electrons. The van der Waals surface area contributed by atoms with E-state index in [1.165, 1.54) is 14.2 Å². The summed E-state index contributed by atoms with van der Waals surface area (Å²) in [7, 11) is 2.94. The molecule has 2 aliphatic heterocycles. The summed E-state index contributed by atoms with van der Waals surface area (Å²) in [6.45, 7) is 0.920. The van der Waals surface area contributed by atoms with Gasteiger partial charge in [0, 0.05) is 17.6 Å². The Kier molecular flexibility index (Phi) is 8.53. The van der Waals surface area contributed by atoms with Crippen LogP contribution in [0.1, 0.15) is 34.3 Å². The van der Waals surface area contributed by atoms with Gasteiger partial charge in [-0.1, -0.05) is 30.3 Å². The second kappa shape index (κ2) is 12.6. The monoisotopic (exact) mass is 608 g/mol. The molecule has 1 unspecified atom stereocenters. The molecule has 0 bridgehead atoms. The van der Waals surface area contributed by atoms with Crippen LogP contribution in [0.4, 0.5) is 4.79 Å². The Morgan fingerprint density at radius 3 is 2.33 bits per heavy atom. The molecule has 0 amide bonds. The fraction of sp³-hybridized carbons (Fsp3) is 0.375. The summed E-state index contributed by atoms with van der Waals surface area (Å²) in [5.41, 5.74) is 3.31. The van der Waals surface area contributed by atoms with Crippen molar-refractivity contribution in [1.29, 1.82) is 0 Å². The summed E-state index contributed by atoms with van der Waals surface area (Å²) in [6, 6.07) is 16.6. The molecular weight excluding hydrogens is 576 g/mol. The normalized spacial score (nSPS) is 21.4. The largest absolute Gasteiger partial charge is 0.514 e. The Balaban J connectivity index is 1.38. The zero-order valence-electron chi connectivity index (χ0n) is 24.0. The summed E-state index contributed by atoms with van der Waals surface area (Å²) in [4.78, 5) is 26.0. The molecule has 3 aromatic rings. The molecule has 1 aliphatic carbocycles. The van der Waals surface area contributed by atoms with E-state index < -0.39 is 18.0 Å². The van der Waals surface area contributed by atoms with E-state index in [1.807, 2.05) is 48.7 Å². The molecule has 3 aliphatic rings. The molecule has 0 N–H and O–H groups in total. The van der Waals surface area contributed by atoms with Crippen LogP contribution in [-0.4, -0.2) is 58.4 Å². The van der Waals surface area contributed by atoms with Crippen molar-refractivity contribution in [3.63, 3.8) is 0 Å². The van der Waals surface area contributed by atoms with E-state index >= 15 is 0 Å². The van der Waals surface area contributed by atoms with E-state index in [9.17, 15) is 9.59 Å². The van der Waals surface area contributed by atoms with Crippen LogP contribution in [0.3, 0.4) is 0 Å². The average Bonchev–Trinajstić information content (AvgIpc) is 3.65. The maximum Gasteiger partial charge on any atom is 0.514 e. The van der Waals surface area contributed by atoms with Gasteiger partial charge in [-0.15, -0.1) is 0 Å². The first kappa shape index (κ1) is 29.0. The molecule has 11 heteroatoms. The summed E-state index contributed by atoms with van der Waals surface area (Å²) < 4.78 is 45.7. The minimum Gasteiger partial charge on any atom is -0.493 e. The highest BCUT2D eigenvalue weighted by atomic mass is 32.2. The smallest absolute Gasteiger partial charge is 0.493 e. The number of hydrogen-bond acceptors (Lipinski definition) is 11. The lowest BCUT2D eigenvalue weighted by molar-refractivity contribution is -0.141. The number of hydrogen-bond donors (Lipinski definition) is 0. The van der Waals surface area contributed by atoms with Gasteiger partial charge in [-0.25, -0.2) is 4.79 Å². The van der Waals surface area contributed by atoms with E-state index in [0.29, 0.717) is 18.1 Å². The Labute approximate surface area is 253 Å². The SMILES string of the molecule is COc1cc([C@@H]2c3cc4c(cc3[C@@H](OCCSC)C3COC(=O)[C@@H]32)OCO4)cc(OC)c1OC(=O)OCc1ccccc1. The highest BCUT2D eigenvalue weighted by Gasteiger charge is 2.53. The number of methoxy groups -OCH3 is 2. The molecule has 4 atom stereocenters. The van der Waals surface area contributed by atoms with Gasteiger partial charge >= 0.3 is 12.1 Å². The van der Waals surface area contributed by atoms with E-state index in [0.717, 1.165) is 28.0 Å². The quantitative estimate of drug-likeness (QED) is 0.165. The third-order valence-electron chi connectivity index (χ3n) is 7.93. The van der Waals surface area contributed by atoms with Crippen LogP contribution in [0.25, 0.3) is 0 Å². The second-order valence-electron chi connectivity index (χ2n) is 10.3. The van der Waals surface area contributed by atoms with E-state index in [2.05, 4.69) is 0 Å². The Bertz CT molecular complexity index is 1470. The fourth-order valence-corrected chi connectivity index (χ4v) is 6.26. The number of benzene rings is 3. The molecule has 6 rings (SSSR count). The van der Waals surface area contributed by atoms with Gasteiger partial charge in [-0.3, -0.25) is 4.79 Å². The Hall–Kier alpha value is -4.09. The third-order valence-corrected chi connectivity index (χ3v) is 8.51. The lowest BCUT2D eigenvalue weighted by Gasteiger charge is -2.39. The standard InChI is InChI=1S/C32H32O10S/c1-35-25-11-19(12-26(36-2)30(25)42-32(34)39-15-18-7-5-4-6-8-18)27-20-13-23-24(41-17-40-23)14-21(20)29(37-9-10-43-3)22-16-38-31(33)28(22)27/h4-8,11-14,22,27-29H,9-10,15-17H2,1-3H3/t22?,27-,28+,29-/m1/s1. The van der Waals surface area contributed by atoms with Gasteiger partial charge in [0.2, 0.25) is 12.5 Å². The Morgan fingerprint density at radius 1 is 0.953 bits per heavy atom. The number of rotatable bonds is 10. The molecule has 1 fully saturated rings. The summed E-state index contributed by atoms with van der Waals surface area (Å²) in [5, 5.41) is 0. The number of thioether (sulfide) groups is 1. The number of fused-ring (bicyclic) bond motifs is 3. The highest BCUT2D eigenvalue weighted by Crippen LogP contribution is 2.56. The van der Waals surface area contributed by atoms with Crippen molar-refractivity contribution >= 4 is 23.9 Å². The molecule has 0 spiro atoms. The predicted octanol–water partition coefficient (Wildman–Crippen LogP) is 5.50. The maximum absolute atomic E-state index is 13.3. The highest BCUT2D eigenvalue weighted by molar-refractivity contribution is 7.98. The number of ether oxygens (including phenoxy) is 8. The lowest BCUT2D eigenvalue weighted by atomic mass is 9.66. The minimum absolute atomic E-state index is 0.0444. The predicted molar refractivity (Wildman–Crippen MR) is 156 cm³/mol. The summed E-state index contributed by atoms with van der Waals surface area (Å²) in [5.74, 6) is 1.07. The van der Waals surface area contributed by atoms with Crippen LogP contribution >= 0.6 is 11.8 Å². The van der Waals surface area contributed by atoms with Gasteiger partial charge < -0.3 is 37.9 Å². The van der Waals surface area contributed by atoms with Gasteiger partial charge in [0.05, 0.1) is 39.5 Å². The molecule has 0 saturated carbocycles. The van der Waals surface area contributed by atoms with Crippen LogP contribution in [0.2, 0.25) is 0 Å². The molecular formula is C32H32O10S. The van der Waals surface area contributed by atoms with E-state index in [4.69, 9.17) is 37.9 Å². The summed E-state index contributed by atoms with van der Waals surface area (Å²) >= 11 is 1.69. The van der Waals surface area contributed by atoms with Crippen molar-refractivity contribution in [3.05, 3.63) is 76.9 Å². The van der Waals surface area contributed by atoms with Crippen molar-refractivity contribution in [2.24, 2.45) is 11.8 Å². The molecule has 1 saturated heterocycles. The second-order valence-corrected chi connectivity index (χ2v) is 11.3. The fourth-order valence-electron chi connectivity index (χ4n) is 5.99. The molecule has 10 nitrogen and oxygen atoms in total. The number of carbonyl (C=O) groups is 2. The first-order valence-corrected chi connectivity index (χ1v) is 15.3. The maximum atomic E-state index is 13.3. The zero-order chi connectivity index (χ0) is 29.9. The average molecular weight is 609 g/mol. The van der Waals surface area contributed by atoms with Gasteiger partial charge in [-0.2, -0.15) is 11.8 Å². The van der Waals surface area contributed by atoms with Crippen LogP contribution < -0.4 is 23.7 Å². The molecule has 3 aromatic carbocycles. The zero-order valence-corrected chi connectivity index (χ0v) is 24.8. The van der Waals surface area contributed by atoms with Gasteiger partial charge in [0.25, 0.3) is 0 Å². The first-order valence-electron chi connectivity index (χ1n) is 13.9. The van der Waals surface area contributed by atoms with Crippen molar-refractivity contribution < 1.29 is 47.5 Å². The molecule has 0 aromatic heterocycles. The first-order chi connectivity index (χ1) is 21.0. The van der Waals surface area contributed by atoms with Gasteiger partial charge in [0.15, 0.2) is 23.0 Å². The van der Waals surface area contributed by atoms with E-state index in [1.54, 1.807) is 23.9 Å². The third kappa shape index (κ3) is 5.66. The summed E-state index contributed by atoms with van der Waals surface area (Å²) in [6.07, 6.45) is 0.748. The minimum atomic E-state index is -0.909. The topological polar surface area (TPSA) is 108 Å². The van der Waals surface area contributed by atoms with Crippen LogP contribution in [0.15, 0.2) is 54.6 Å². The number of esters is 1. The Morgan fingerprint density at radius 2 is 1.65 bits per heavy atom. The van der Waals surface area contributed by atoms with Crippen LogP contribution in [-0.2, 0) is 25.6 Å². The van der Waals surface area contributed by atoms with Crippen molar-refractivity contribution in [3.8, 4) is 28.7 Å². The van der Waals surface area contributed by atoms with Gasteiger partial charge in [-0.05, 0) is 52.8 Å². The number of carbonyl (C=O) groups excluding carboxylic acids is 2. The molecule has 2 heterocycles. The molecule has 0 radical (unpaired) electrons. The van der Waals surface area contributed by atoms with Gasteiger partial charge in [0.1, 0.15) is 6.61 Å².